The molecule has 2 amide bonds. The van der Waals surface area contributed by atoms with Crippen LogP contribution in [-0.2, 0) is 16.1 Å². The van der Waals surface area contributed by atoms with E-state index in [2.05, 4.69) is 15.5 Å². The van der Waals surface area contributed by atoms with E-state index in [1.54, 1.807) is 54.6 Å². The van der Waals surface area contributed by atoms with Gasteiger partial charge in [0.15, 0.2) is 23.3 Å². The first-order valence-corrected chi connectivity index (χ1v) is 14.3. The third-order valence-corrected chi connectivity index (χ3v) is 7.11. The molecule has 0 aliphatic carbocycles. The van der Waals surface area contributed by atoms with Crippen molar-refractivity contribution in [2.24, 2.45) is 10.2 Å². The van der Waals surface area contributed by atoms with E-state index in [9.17, 15) is 19.1 Å². The van der Waals surface area contributed by atoms with E-state index in [0.29, 0.717) is 50.8 Å². The Kier molecular flexibility index (Phi) is 9.72. The molecule has 2 heterocycles. The van der Waals surface area contributed by atoms with Crippen LogP contribution in [0.15, 0.2) is 105 Å². The smallest absolute Gasteiger partial charge is 0.267 e. The lowest BCUT2D eigenvalue weighted by molar-refractivity contribution is -0.122. The summed E-state index contributed by atoms with van der Waals surface area (Å²) in [6, 6.07) is 20.7. The molecule has 0 radical (unpaired) electrons. The molecule has 224 valence electrons. The van der Waals surface area contributed by atoms with Crippen molar-refractivity contribution in [3.05, 3.63) is 113 Å². The minimum Gasteiger partial charge on any atom is -0.504 e. The number of anilines is 1. The van der Waals surface area contributed by atoms with Crippen LogP contribution in [0.5, 0.6) is 17.2 Å². The number of benzene rings is 3. The number of thioether (sulfide) groups is 1. The Hall–Kier alpha value is -5.36. The van der Waals surface area contributed by atoms with E-state index in [4.69, 9.17) is 13.9 Å². The number of rotatable bonds is 11. The normalized spacial score (nSPS) is 15.0. The number of carbonyl (C=O) groups excluding carboxylic acids is 2. The minimum absolute atomic E-state index is 0.0180. The molecule has 5 rings (SSSR count). The molecular formula is C32H27FN4O6S. The molecule has 1 aliphatic rings. The molecule has 1 aliphatic heterocycles. The summed E-state index contributed by atoms with van der Waals surface area (Å²) in [5.74, 6) is 0.152. The average molecular weight is 615 g/mol. The molecule has 10 nitrogen and oxygen atoms in total. The Morgan fingerprint density at radius 1 is 1.07 bits per heavy atom. The van der Waals surface area contributed by atoms with Gasteiger partial charge in [0.05, 0.1) is 30.5 Å². The maximum absolute atomic E-state index is 13.5. The van der Waals surface area contributed by atoms with Crippen LogP contribution >= 0.6 is 11.8 Å². The predicted molar refractivity (Wildman–Crippen MR) is 166 cm³/mol. The van der Waals surface area contributed by atoms with Crippen LogP contribution in [0.4, 0.5) is 10.1 Å². The summed E-state index contributed by atoms with van der Waals surface area (Å²) in [5.41, 5.74) is 1.66. The van der Waals surface area contributed by atoms with Crippen molar-refractivity contribution in [3.8, 4) is 17.2 Å². The van der Waals surface area contributed by atoms with Gasteiger partial charge in [-0.25, -0.2) is 4.39 Å². The van der Waals surface area contributed by atoms with Crippen LogP contribution in [0.3, 0.4) is 0 Å². The topological polar surface area (TPSA) is 126 Å². The van der Waals surface area contributed by atoms with Gasteiger partial charge in [-0.3, -0.25) is 14.5 Å². The second-order valence-corrected chi connectivity index (χ2v) is 10.3. The number of phenols is 1. The molecule has 1 saturated heterocycles. The lowest BCUT2D eigenvalue weighted by Gasteiger charge is -2.12. The Labute approximate surface area is 256 Å². The molecule has 1 fully saturated rings. The number of para-hydroxylation sites is 1. The van der Waals surface area contributed by atoms with Gasteiger partial charge in [-0.1, -0.05) is 18.2 Å². The zero-order chi connectivity index (χ0) is 30.9. The number of aromatic hydroxyl groups is 1. The highest BCUT2D eigenvalue weighted by Crippen LogP contribution is 2.35. The number of nitrogens with zero attached hydrogens (tertiary/aromatic N) is 3. The molecule has 0 bridgehead atoms. The zero-order valence-corrected chi connectivity index (χ0v) is 24.3. The van der Waals surface area contributed by atoms with E-state index in [0.717, 1.165) is 11.8 Å². The largest absolute Gasteiger partial charge is 0.504 e. The maximum atomic E-state index is 13.5. The minimum atomic E-state index is -0.427. The monoisotopic (exact) mass is 614 g/mol. The zero-order valence-electron chi connectivity index (χ0n) is 23.5. The number of furan rings is 1. The fourth-order valence-corrected chi connectivity index (χ4v) is 4.98. The van der Waals surface area contributed by atoms with Crippen LogP contribution in [0.2, 0.25) is 0 Å². The molecular weight excluding hydrogens is 587 g/mol. The van der Waals surface area contributed by atoms with E-state index in [1.165, 1.54) is 47.7 Å². The van der Waals surface area contributed by atoms with Gasteiger partial charge in [0, 0.05) is 11.3 Å². The van der Waals surface area contributed by atoms with E-state index in [-0.39, 0.29) is 24.8 Å². The highest BCUT2D eigenvalue weighted by atomic mass is 32.2. The summed E-state index contributed by atoms with van der Waals surface area (Å²) < 4.78 is 29.8. The summed E-state index contributed by atoms with van der Waals surface area (Å²) in [6.07, 6.45) is 4.68. The molecule has 3 aromatic carbocycles. The standard InChI is InChI=1S/C32H27FN4O6S/c1-2-41-28-16-21(9-14-26(28)38)18-34-36-32-37(19-25-7-5-15-42-25)31(40)29(44-32)17-22-6-3-4-8-27(22)43-20-30(39)35-24-12-10-23(33)11-13-24/h3-18,38H,2,19-20H2,1H3,(H,35,39)/b29-17-,34-18-,36-32+. The number of carbonyl (C=O) groups is 2. The Morgan fingerprint density at radius 2 is 1.89 bits per heavy atom. The Bertz CT molecular complexity index is 1720. The van der Waals surface area contributed by atoms with Gasteiger partial charge in [-0.2, -0.15) is 5.10 Å². The first-order chi connectivity index (χ1) is 21.4. The molecule has 0 spiro atoms. The number of hydrogen-bond donors (Lipinski definition) is 2. The third kappa shape index (κ3) is 7.72. The molecule has 0 atom stereocenters. The van der Waals surface area contributed by atoms with Crippen molar-refractivity contribution in [1.82, 2.24) is 4.90 Å². The van der Waals surface area contributed by atoms with Crippen molar-refractivity contribution in [3.63, 3.8) is 0 Å². The van der Waals surface area contributed by atoms with Gasteiger partial charge in [-0.15, -0.1) is 5.10 Å². The number of amidine groups is 1. The summed E-state index contributed by atoms with van der Waals surface area (Å²) in [7, 11) is 0. The predicted octanol–water partition coefficient (Wildman–Crippen LogP) is 6.05. The van der Waals surface area contributed by atoms with E-state index >= 15 is 0 Å². The average Bonchev–Trinajstić information content (AvgIpc) is 3.64. The van der Waals surface area contributed by atoms with Crippen LogP contribution < -0.4 is 14.8 Å². The van der Waals surface area contributed by atoms with E-state index in [1.807, 2.05) is 6.92 Å². The SMILES string of the molecule is CCOc1cc(/C=N\N=C2\S/C(=C\c3ccccc3OCC(=O)Nc3ccc(F)cc3)C(=O)N2Cc2ccco2)ccc1O. The first kappa shape index (κ1) is 30.1. The fourth-order valence-electron chi connectivity index (χ4n) is 4.05. The number of ether oxygens (including phenoxy) is 2. The lowest BCUT2D eigenvalue weighted by atomic mass is 10.2. The number of nitrogens with one attached hydrogen (secondary N) is 1. The van der Waals surface area contributed by atoms with E-state index < -0.39 is 11.7 Å². The number of hydrogen-bond acceptors (Lipinski definition) is 9. The number of halogens is 1. The third-order valence-electron chi connectivity index (χ3n) is 6.11. The van der Waals surface area contributed by atoms with Gasteiger partial charge in [0.2, 0.25) is 0 Å². The molecule has 1 aromatic heterocycles. The molecule has 0 unspecified atom stereocenters. The van der Waals surface area contributed by atoms with Gasteiger partial charge < -0.3 is 24.3 Å². The van der Waals surface area contributed by atoms with Gasteiger partial charge in [0.25, 0.3) is 11.8 Å². The van der Waals surface area contributed by atoms with Crippen LogP contribution in [-0.4, -0.2) is 46.4 Å². The van der Waals surface area contributed by atoms with Crippen LogP contribution in [0.25, 0.3) is 6.08 Å². The first-order valence-electron chi connectivity index (χ1n) is 13.5. The van der Waals surface area contributed by atoms with Crippen molar-refractivity contribution < 1.29 is 33.0 Å². The molecule has 0 saturated carbocycles. The molecule has 12 heteroatoms. The van der Waals surface area contributed by atoms with Crippen molar-refractivity contribution in [2.45, 2.75) is 13.5 Å². The van der Waals surface area contributed by atoms with Gasteiger partial charge >= 0.3 is 0 Å². The fraction of sp³-hybridized carbons (Fsp3) is 0.125. The number of phenolic OH excluding ortho intramolecular Hbond substituents is 1. The van der Waals surface area contributed by atoms with Crippen molar-refractivity contribution in [2.75, 3.05) is 18.5 Å². The highest BCUT2D eigenvalue weighted by Gasteiger charge is 2.34. The number of amides is 2. The van der Waals surface area contributed by atoms with Crippen molar-refractivity contribution in [1.29, 1.82) is 0 Å². The molecule has 2 N–H and O–H groups in total. The van der Waals surface area contributed by atoms with Crippen molar-refractivity contribution >= 4 is 46.7 Å². The summed E-state index contributed by atoms with van der Waals surface area (Å²) >= 11 is 1.13. The Balaban J connectivity index is 1.34. The highest BCUT2D eigenvalue weighted by molar-refractivity contribution is 8.18. The van der Waals surface area contributed by atoms with Gasteiger partial charge in [0.1, 0.15) is 17.3 Å². The Morgan fingerprint density at radius 3 is 2.66 bits per heavy atom. The maximum Gasteiger partial charge on any atom is 0.267 e. The lowest BCUT2D eigenvalue weighted by Crippen LogP contribution is -2.28. The van der Waals surface area contributed by atoms with Crippen LogP contribution in [0.1, 0.15) is 23.8 Å². The summed E-state index contributed by atoms with van der Waals surface area (Å²) in [4.78, 5) is 27.8. The second-order valence-electron chi connectivity index (χ2n) is 9.25. The second kappa shape index (κ2) is 14.2. The molecule has 4 aromatic rings. The quantitative estimate of drug-likeness (QED) is 0.120. The van der Waals surface area contributed by atoms with Gasteiger partial charge in [-0.05, 0) is 91.0 Å². The summed E-state index contributed by atoms with van der Waals surface area (Å²) in [5, 5.41) is 21.4. The van der Waals surface area contributed by atoms with Crippen LogP contribution in [0, 0.1) is 5.82 Å². The summed E-state index contributed by atoms with van der Waals surface area (Å²) in [6.45, 7) is 2.05. The molecule has 44 heavy (non-hydrogen) atoms.